The third kappa shape index (κ3) is 5.39. The van der Waals surface area contributed by atoms with Gasteiger partial charge in [-0.25, -0.2) is 4.98 Å². The van der Waals surface area contributed by atoms with Crippen LogP contribution in [0, 0.1) is 22.7 Å². The number of hydrogen-bond donors (Lipinski definition) is 3. The van der Waals surface area contributed by atoms with E-state index in [4.69, 9.17) is 4.42 Å². The Labute approximate surface area is 234 Å². The van der Waals surface area contributed by atoms with Gasteiger partial charge in [-0.2, -0.15) is 0 Å². The summed E-state index contributed by atoms with van der Waals surface area (Å²) in [6, 6.07) is 0. The van der Waals surface area contributed by atoms with Crippen LogP contribution >= 0.6 is 0 Å². The van der Waals surface area contributed by atoms with Gasteiger partial charge in [-0.1, -0.05) is 64.2 Å². The van der Waals surface area contributed by atoms with Crippen LogP contribution in [0.1, 0.15) is 104 Å². The highest BCUT2D eigenvalue weighted by Crippen LogP contribution is 2.62. The molecular formula is C34H49NO4. The molecular weight excluding hydrogens is 486 g/mol. The minimum atomic E-state index is -0.648. The van der Waals surface area contributed by atoms with Gasteiger partial charge in [0.15, 0.2) is 0 Å². The summed E-state index contributed by atoms with van der Waals surface area (Å²) >= 11 is 0. The number of aliphatic hydroxyl groups is 3. The third-order valence-electron chi connectivity index (χ3n) is 10.7. The molecule has 6 atom stereocenters. The SMILES string of the molecule is C=C1/C(=C\C=C2/CCC[C@]3(C)[C@@H](C(C)(C)/C=C/C(O)C4(c5ncc(CCC)o5)CC4)CC[C@@H]23)C[C@@H](O)C[C@@H]1O. The van der Waals surface area contributed by atoms with Crippen molar-refractivity contribution in [2.45, 2.75) is 122 Å². The van der Waals surface area contributed by atoms with Crippen LogP contribution in [0.3, 0.4) is 0 Å². The molecule has 4 aliphatic carbocycles. The van der Waals surface area contributed by atoms with Crippen LogP contribution in [0.2, 0.25) is 0 Å². The zero-order valence-electron chi connectivity index (χ0n) is 24.5. The van der Waals surface area contributed by atoms with E-state index in [1.807, 2.05) is 12.3 Å². The van der Waals surface area contributed by atoms with Gasteiger partial charge in [0.05, 0.1) is 29.9 Å². The summed E-state index contributed by atoms with van der Waals surface area (Å²) < 4.78 is 6.04. The van der Waals surface area contributed by atoms with Crippen LogP contribution in [0.25, 0.3) is 0 Å². The Morgan fingerprint density at radius 1 is 1.21 bits per heavy atom. The molecule has 4 fully saturated rings. The summed E-state index contributed by atoms with van der Waals surface area (Å²) in [5, 5.41) is 31.7. The number of aryl methyl sites for hydroxylation is 1. The maximum Gasteiger partial charge on any atom is 0.203 e. The number of hydrogen-bond acceptors (Lipinski definition) is 5. The second-order valence-corrected chi connectivity index (χ2v) is 13.8. The lowest BCUT2D eigenvalue weighted by atomic mass is 9.57. The molecule has 4 aliphatic rings. The van der Waals surface area contributed by atoms with Crippen molar-refractivity contribution in [2.75, 3.05) is 0 Å². The Morgan fingerprint density at radius 3 is 2.69 bits per heavy atom. The first-order valence-corrected chi connectivity index (χ1v) is 15.3. The van der Waals surface area contributed by atoms with Crippen LogP contribution < -0.4 is 0 Å². The highest BCUT2D eigenvalue weighted by Gasteiger charge is 2.55. The molecule has 1 unspecified atom stereocenters. The summed E-state index contributed by atoms with van der Waals surface area (Å²) in [6.45, 7) is 13.4. The number of rotatable bonds is 8. The third-order valence-corrected chi connectivity index (χ3v) is 10.7. The topological polar surface area (TPSA) is 86.7 Å². The van der Waals surface area contributed by atoms with Gasteiger partial charge in [0.1, 0.15) is 5.76 Å². The van der Waals surface area contributed by atoms with E-state index in [2.05, 4.69) is 57.5 Å². The van der Waals surface area contributed by atoms with Crippen LogP contribution in [0.15, 0.2) is 58.2 Å². The van der Waals surface area contributed by atoms with Gasteiger partial charge in [-0.05, 0) is 91.6 Å². The number of oxazole rings is 1. The summed E-state index contributed by atoms with van der Waals surface area (Å²) in [5.41, 5.74) is 3.04. The fourth-order valence-electron chi connectivity index (χ4n) is 8.24. The highest BCUT2D eigenvalue weighted by molar-refractivity contribution is 5.39. The largest absolute Gasteiger partial charge is 0.445 e. The Balaban J connectivity index is 1.31. The van der Waals surface area contributed by atoms with Gasteiger partial charge >= 0.3 is 0 Å². The summed E-state index contributed by atoms with van der Waals surface area (Å²) in [4.78, 5) is 4.54. The molecule has 0 radical (unpaired) electrons. The minimum absolute atomic E-state index is 0.0443. The standard InChI is InChI=1S/C34H49NO4/c1-6-8-26-21-35-31(39-26)34(17-18-34)30(38)14-16-32(3,4)29-13-12-27-23(9-7-15-33(27,29)5)10-11-24-19-25(36)20-28(37)22(24)2/h10-11,14,16,21,25,27-30,36-38H,2,6-9,12-13,15,17-20H2,1,3-5H3/b16-14+,23-10+,24-11-/t25-,27+,28+,29-,30?,33+/m1/s1. The van der Waals surface area contributed by atoms with Crippen molar-refractivity contribution < 1.29 is 19.7 Å². The number of aliphatic hydroxyl groups excluding tert-OH is 3. The lowest BCUT2D eigenvalue weighted by molar-refractivity contribution is 0.0705. The first-order chi connectivity index (χ1) is 18.5. The molecule has 5 heteroatoms. The number of aromatic nitrogens is 1. The van der Waals surface area contributed by atoms with Gasteiger partial charge in [0.25, 0.3) is 0 Å². The average molecular weight is 536 g/mol. The normalized spacial score (nSPS) is 35.6. The van der Waals surface area contributed by atoms with Crippen molar-refractivity contribution >= 4 is 0 Å². The first-order valence-electron chi connectivity index (χ1n) is 15.3. The smallest absolute Gasteiger partial charge is 0.203 e. The van der Waals surface area contributed by atoms with E-state index >= 15 is 0 Å². The number of nitrogens with zero attached hydrogens (tertiary/aromatic N) is 1. The van der Waals surface area contributed by atoms with E-state index in [0.717, 1.165) is 49.0 Å². The highest BCUT2D eigenvalue weighted by atomic mass is 16.4. The maximum absolute atomic E-state index is 11.3. The molecule has 1 aromatic rings. The van der Waals surface area contributed by atoms with Crippen LogP contribution in [0.5, 0.6) is 0 Å². The fraction of sp³-hybridized carbons (Fsp3) is 0.676. The molecule has 0 aromatic carbocycles. The van der Waals surface area contributed by atoms with Gasteiger partial charge in [-0.3, -0.25) is 0 Å². The predicted octanol–water partition coefficient (Wildman–Crippen LogP) is 6.74. The van der Waals surface area contributed by atoms with E-state index < -0.39 is 18.3 Å². The molecule has 4 saturated carbocycles. The Kier molecular flexibility index (Phi) is 7.91. The Hall–Kier alpha value is -1.95. The van der Waals surface area contributed by atoms with E-state index in [1.54, 1.807) is 0 Å². The monoisotopic (exact) mass is 535 g/mol. The molecule has 0 aliphatic heterocycles. The lowest BCUT2D eigenvalue weighted by Gasteiger charge is -2.47. The van der Waals surface area contributed by atoms with Crippen LogP contribution in [0.4, 0.5) is 0 Å². The van der Waals surface area contributed by atoms with Crippen LogP contribution in [-0.4, -0.2) is 38.6 Å². The van der Waals surface area contributed by atoms with Crippen molar-refractivity contribution in [1.29, 1.82) is 0 Å². The molecule has 0 amide bonds. The molecule has 1 aromatic heterocycles. The Morgan fingerprint density at radius 2 is 1.97 bits per heavy atom. The van der Waals surface area contributed by atoms with Crippen molar-refractivity contribution in [3.63, 3.8) is 0 Å². The molecule has 3 N–H and O–H groups in total. The molecule has 0 bridgehead atoms. The zero-order valence-corrected chi connectivity index (χ0v) is 24.5. The van der Waals surface area contributed by atoms with Gasteiger partial charge < -0.3 is 19.7 Å². The fourth-order valence-corrected chi connectivity index (χ4v) is 8.24. The van der Waals surface area contributed by atoms with Gasteiger partial charge in [0, 0.05) is 12.8 Å². The summed E-state index contributed by atoms with van der Waals surface area (Å²) in [6.07, 6.45) is 19.4. The van der Waals surface area contributed by atoms with Crippen molar-refractivity contribution in [3.8, 4) is 0 Å². The quantitative estimate of drug-likeness (QED) is 0.321. The predicted molar refractivity (Wildman–Crippen MR) is 155 cm³/mol. The molecule has 0 saturated heterocycles. The molecule has 1 heterocycles. The molecule has 39 heavy (non-hydrogen) atoms. The first kappa shape index (κ1) is 28.6. The van der Waals surface area contributed by atoms with Gasteiger partial charge in [0.2, 0.25) is 5.89 Å². The number of allylic oxidation sites excluding steroid dienone is 4. The lowest BCUT2D eigenvalue weighted by Crippen LogP contribution is -2.39. The van der Waals surface area contributed by atoms with Gasteiger partial charge in [-0.15, -0.1) is 0 Å². The minimum Gasteiger partial charge on any atom is -0.445 e. The average Bonchev–Trinajstić information content (AvgIpc) is 3.41. The van der Waals surface area contributed by atoms with E-state index in [-0.39, 0.29) is 16.2 Å². The van der Waals surface area contributed by atoms with E-state index in [0.29, 0.717) is 30.6 Å². The number of fused-ring (bicyclic) bond motifs is 1. The van der Waals surface area contributed by atoms with E-state index in [1.165, 1.54) is 31.3 Å². The summed E-state index contributed by atoms with van der Waals surface area (Å²) in [5.74, 6) is 2.68. The van der Waals surface area contributed by atoms with Crippen molar-refractivity contribution in [1.82, 2.24) is 4.98 Å². The molecule has 214 valence electrons. The van der Waals surface area contributed by atoms with Crippen molar-refractivity contribution in [2.24, 2.45) is 22.7 Å². The maximum atomic E-state index is 11.3. The molecule has 0 spiro atoms. The van der Waals surface area contributed by atoms with E-state index in [9.17, 15) is 15.3 Å². The van der Waals surface area contributed by atoms with Crippen LogP contribution in [-0.2, 0) is 11.8 Å². The molecule has 5 nitrogen and oxygen atoms in total. The van der Waals surface area contributed by atoms with Crippen molar-refractivity contribution in [3.05, 3.63) is 65.5 Å². The second-order valence-electron chi connectivity index (χ2n) is 13.8. The zero-order chi connectivity index (χ0) is 28.0. The molecule has 5 rings (SSSR count). The Bertz CT molecular complexity index is 1150. The summed E-state index contributed by atoms with van der Waals surface area (Å²) in [7, 11) is 0. The second kappa shape index (κ2) is 10.8.